The van der Waals surface area contributed by atoms with E-state index < -0.39 is 40.8 Å². The van der Waals surface area contributed by atoms with E-state index in [1.807, 2.05) is 0 Å². The highest BCUT2D eigenvalue weighted by Gasteiger charge is 2.30. The third-order valence-electron chi connectivity index (χ3n) is 5.36. The molecule has 0 amide bonds. The topological polar surface area (TPSA) is 153 Å². The van der Waals surface area contributed by atoms with E-state index in [0.29, 0.717) is 21.4 Å². The average Bonchev–Trinajstić information content (AvgIpc) is 3.33. The molecule has 1 unspecified atom stereocenters. The zero-order valence-electron chi connectivity index (χ0n) is 20.1. The first kappa shape index (κ1) is 28.2. The van der Waals surface area contributed by atoms with Gasteiger partial charge < -0.3 is 9.84 Å². The molecule has 1 aromatic heterocycles. The van der Waals surface area contributed by atoms with Crippen LogP contribution in [0.4, 0.5) is 0 Å². The van der Waals surface area contributed by atoms with Gasteiger partial charge in [-0.05, 0) is 47.2 Å². The van der Waals surface area contributed by atoms with Crippen LogP contribution in [0.2, 0.25) is 10.0 Å². The van der Waals surface area contributed by atoms with Gasteiger partial charge >= 0.3 is 5.97 Å². The van der Waals surface area contributed by atoms with Crippen molar-refractivity contribution < 1.29 is 27.9 Å². The molecule has 3 aromatic carbocycles. The minimum absolute atomic E-state index is 0.00135. The van der Waals surface area contributed by atoms with E-state index in [9.17, 15) is 23.1 Å². The summed E-state index contributed by atoms with van der Waals surface area (Å²) in [4.78, 5) is 25.2. The van der Waals surface area contributed by atoms with Gasteiger partial charge in [0.1, 0.15) is 22.9 Å². The number of rotatable bonds is 12. The molecule has 2 N–H and O–H groups in total. The Labute approximate surface area is 233 Å². The Bertz CT molecular complexity index is 1580. The number of hydrogen-bond acceptors (Lipinski definition) is 8. The highest BCUT2D eigenvalue weighted by Crippen LogP contribution is 2.29. The van der Waals surface area contributed by atoms with Crippen LogP contribution >= 0.6 is 23.2 Å². The SMILES string of the molecule is O=C(O)CC(NS(=O)(=O)c1ccccc1Oc1ccccc1)C(=O)Cn1nnc(Cc2c(Cl)cccc2Cl)n1. The predicted octanol–water partition coefficient (Wildman–Crippen LogP) is 3.75. The first-order chi connectivity index (χ1) is 18.6. The van der Waals surface area contributed by atoms with Crippen LogP contribution in [0.25, 0.3) is 0 Å². The number of hydrogen-bond donors (Lipinski definition) is 2. The maximum absolute atomic E-state index is 13.3. The zero-order chi connectivity index (χ0) is 28.0. The number of nitrogens with one attached hydrogen (secondary N) is 1. The summed E-state index contributed by atoms with van der Waals surface area (Å²) in [6.45, 7) is -0.536. The molecule has 202 valence electrons. The number of carboxylic acid groups (broad SMARTS) is 1. The van der Waals surface area contributed by atoms with Crippen LogP contribution in [0.3, 0.4) is 0 Å². The van der Waals surface area contributed by atoms with E-state index in [4.69, 9.17) is 27.9 Å². The number of carbonyl (C=O) groups is 2. The second-order valence-corrected chi connectivity index (χ2v) is 10.7. The summed E-state index contributed by atoms with van der Waals surface area (Å²) < 4.78 is 34.4. The number of carboxylic acids is 1. The van der Waals surface area contributed by atoms with Crippen LogP contribution in [0.5, 0.6) is 11.5 Å². The van der Waals surface area contributed by atoms with Crippen molar-refractivity contribution >= 4 is 45.0 Å². The van der Waals surface area contributed by atoms with Gasteiger partial charge in [-0.2, -0.15) is 9.52 Å². The number of para-hydroxylation sites is 2. The third kappa shape index (κ3) is 7.39. The molecule has 0 fully saturated rings. The Morgan fingerprint density at radius 3 is 2.33 bits per heavy atom. The van der Waals surface area contributed by atoms with Crippen molar-refractivity contribution in [2.24, 2.45) is 0 Å². The number of sulfonamides is 1. The molecule has 4 aromatic rings. The number of aromatic nitrogens is 4. The number of Topliss-reactive ketones (excluding diaryl/α,β-unsaturated/α-hetero) is 1. The van der Waals surface area contributed by atoms with E-state index in [1.54, 1.807) is 54.6 Å². The van der Waals surface area contributed by atoms with Gasteiger partial charge in [-0.15, -0.1) is 10.2 Å². The van der Waals surface area contributed by atoms with Gasteiger partial charge in [0.2, 0.25) is 10.0 Å². The van der Waals surface area contributed by atoms with E-state index in [1.165, 1.54) is 18.2 Å². The Morgan fingerprint density at radius 1 is 0.974 bits per heavy atom. The largest absolute Gasteiger partial charge is 0.481 e. The fourth-order valence-corrected chi connectivity index (χ4v) is 5.42. The first-order valence-electron chi connectivity index (χ1n) is 11.4. The van der Waals surface area contributed by atoms with Gasteiger partial charge in [0.15, 0.2) is 11.6 Å². The lowest BCUT2D eigenvalue weighted by molar-refractivity contribution is -0.139. The maximum Gasteiger partial charge on any atom is 0.305 e. The number of ether oxygens (including phenoxy) is 1. The van der Waals surface area contributed by atoms with Gasteiger partial charge in [0, 0.05) is 16.5 Å². The van der Waals surface area contributed by atoms with Crippen molar-refractivity contribution in [2.45, 2.75) is 30.3 Å². The Balaban J connectivity index is 1.51. The van der Waals surface area contributed by atoms with Crippen molar-refractivity contribution in [3.8, 4) is 11.5 Å². The summed E-state index contributed by atoms with van der Waals surface area (Å²) in [5.74, 6) is -1.57. The molecule has 0 aliphatic heterocycles. The van der Waals surface area contributed by atoms with Crippen molar-refractivity contribution in [2.75, 3.05) is 0 Å². The Morgan fingerprint density at radius 2 is 1.64 bits per heavy atom. The lowest BCUT2D eigenvalue weighted by Gasteiger charge is -2.17. The quantitative estimate of drug-likeness (QED) is 0.251. The van der Waals surface area contributed by atoms with Gasteiger partial charge in [0.25, 0.3) is 0 Å². The molecule has 1 atom stereocenters. The predicted molar refractivity (Wildman–Crippen MR) is 141 cm³/mol. The minimum Gasteiger partial charge on any atom is -0.481 e. The molecule has 0 bridgehead atoms. The van der Waals surface area contributed by atoms with Crippen LogP contribution in [0, 0.1) is 0 Å². The molecule has 11 nitrogen and oxygen atoms in total. The van der Waals surface area contributed by atoms with Crippen LogP contribution in [-0.2, 0) is 32.6 Å². The highest BCUT2D eigenvalue weighted by atomic mass is 35.5. The maximum atomic E-state index is 13.3. The standard InChI is InChI=1S/C25H21Cl2N5O6S/c26-18-9-6-10-19(27)17(18)13-24-28-31-32(29-24)15-21(33)20(14-25(34)35)30-39(36,37)23-12-5-4-11-22(23)38-16-7-2-1-3-8-16/h1-12,20,30H,13-15H2,(H,34,35). The number of aliphatic carboxylic acids is 1. The Hall–Kier alpha value is -3.84. The minimum atomic E-state index is -4.39. The van der Waals surface area contributed by atoms with Crippen LogP contribution in [-0.4, -0.2) is 51.5 Å². The number of tetrazole rings is 1. The summed E-state index contributed by atoms with van der Waals surface area (Å²) >= 11 is 12.4. The normalized spacial score (nSPS) is 12.2. The van der Waals surface area contributed by atoms with E-state index in [2.05, 4.69) is 20.1 Å². The number of benzene rings is 3. The lowest BCUT2D eigenvalue weighted by atomic mass is 10.1. The zero-order valence-corrected chi connectivity index (χ0v) is 22.4. The van der Waals surface area contributed by atoms with Crippen LogP contribution < -0.4 is 9.46 Å². The monoisotopic (exact) mass is 589 g/mol. The molecule has 0 aliphatic rings. The highest BCUT2D eigenvalue weighted by molar-refractivity contribution is 7.89. The molecule has 0 radical (unpaired) electrons. The summed E-state index contributed by atoms with van der Waals surface area (Å²) in [6.07, 6.45) is -0.674. The number of ketones is 1. The smallest absolute Gasteiger partial charge is 0.305 e. The molecule has 39 heavy (non-hydrogen) atoms. The molecular weight excluding hydrogens is 569 g/mol. The molecule has 4 rings (SSSR count). The molecule has 0 saturated heterocycles. The fourth-order valence-electron chi connectivity index (χ4n) is 3.54. The summed E-state index contributed by atoms with van der Waals surface area (Å²) in [6, 6.07) is 17.7. The van der Waals surface area contributed by atoms with Gasteiger partial charge in [-0.25, -0.2) is 8.42 Å². The van der Waals surface area contributed by atoms with E-state index >= 15 is 0 Å². The van der Waals surface area contributed by atoms with Crippen molar-refractivity contribution in [3.63, 3.8) is 0 Å². The number of halogens is 2. The lowest BCUT2D eigenvalue weighted by Crippen LogP contribution is -2.44. The molecule has 0 aliphatic carbocycles. The van der Waals surface area contributed by atoms with Crippen LogP contribution in [0.1, 0.15) is 17.8 Å². The second-order valence-electron chi connectivity index (χ2n) is 8.21. The molecular formula is C25H21Cl2N5O6S. The molecule has 0 saturated carbocycles. The number of nitrogens with zero attached hydrogens (tertiary/aromatic N) is 4. The average molecular weight is 590 g/mol. The van der Waals surface area contributed by atoms with Crippen molar-refractivity contribution in [1.29, 1.82) is 0 Å². The van der Waals surface area contributed by atoms with Gasteiger partial charge in [0.05, 0.1) is 12.5 Å². The van der Waals surface area contributed by atoms with Crippen molar-refractivity contribution in [3.05, 3.63) is 94.2 Å². The van der Waals surface area contributed by atoms with Crippen molar-refractivity contribution in [1.82, 2.24) is 24.9 Å². The van der Waals surface area contributed by atoms with E-state index in [-0.39, 0.29) is 22.9 Å². The second kappa shape index (κ2) is 12.3. The first-order valence-corrected chi connectivity index (χ1v) is 13.6. The molecule has 14 heteroatoms. The van der Waals surface area contributed by atoms with E-state index in [0.717, 1.165) is 4.80 Å². The summed E-state index contributed by atoms with van der Waals surface area (Å²) in [7, 11) is -4.39. The van der Waals surface area contributed by atoms with Crippen LogP contribution in [0.15, 0.2) is 77.7 Å². The summed E-state index contributed by atoms with van der Waals surface area (Å²) in [5.41, 5.74) is 0.569. The molecule has 0 spiro atoms. The van der Waals surface area contributed by atoms with Gasteiger partial charge in [-0.3, -0.25) is 9.59 Å². The summed E-state index contributed by atoms with van der Waals surface area (Å²) in [5, 5.41) is 22.0. The molecule has 1 heterocycles. The number of carbonyl (C=O) groups excluding carboxylic acids is 1. The third-order valence-corrected chi connectivity index (χ3v) is 7.58. The fraction of sp³-hybridized carbons (Fsp3) is 0.160. The van der Waals surface area contributed by atoms with Gasteiger partial charge in [-0.1, -0.05) is 59.6 Å². The Kier molecular flexibility index (Phi) is 8.92.